The van der Waals surface area contributed by atoms with Crippen LogP contribution < -0.4 is 4.90 Å². The lowest BCUT2D eigenvalue weighted by Crippen LogP contribution is -2.36. The van der Waals surface area contributed by atoms with Gasteiger partial charge in [-0.1, -0.05) is 31.0 Å². The maximum absolute atomic E-state index is 13.1. The van der Waals surface area contributed by atoms with Crippen LogP contribution >= 0.6 is 11.6 Å². The quantitative estimate of drug-likeness (QED) is 0.569. The van der Waals surface area contributed by atoms with Gasteiger partial charge in [-0.25, -0.2) is 4.98 Å². The van der Waals surface area contributed by atoms with Crippen LogP contribution in [-0.4, -0.2) is 35.4 Å². The molecule has 29 heavy (non-hydrogen) atoms. The van der Waals surface area contributed by atoms with Crippen LogP contribution in [0, 0.1) is 0 Å². The molecule has 2 heterocycles. The van der Waals surface area contributed by atoms with Gasteiger partial charge < -0.3 is 9.80 Å². The Morgan fingerprint density at radius 2 is 1.97 bits per heavy atom. The van der Waals surface area contributed by atoms with Gasteiger partial charge in [0.1, 0.15) is 5.82 Å². The molecule has 0 bridgehead atoms. The van der Waals surface area contributed by atoms with Gasteiger partial charge in [0.15, 0.2) is 0 Å². The fraction of sp³-hybridized carbons (Fsp3) is 0.500. The number of hydrogen-bond donors (Lipinski definition) is 0. The second kappa shape index (κ2) is 9.17. The van der Waals surface area contributed by atoms with E-state index in [0.717, 1.165) is 61.0 Å². The molecule has 154 valence electrons. The number of piperidine rings is 1. The Morgan fingerprint density at radius 1 is 1.17 bits per heavy atom. The van der Waals surface area contributed by atoms with Gasteiger partial charge in [0, 0.05) is 36.5 Å². The predicted octanol–water partition coefficient (Wildman–Crippen LogP) is 6.18. The van der Waals surface area contributed by atoms with Gasteiger partial charge in [-0.05, 0) is 74.3 Å². The number of aromatic nitrogens is 1. The fourth-order valence-corrected chi connectivity index (χ4v) is 4.53. The van der Waals surface area contributed by atoms with E-state index in [9.17, 15) is 4.79 Å². The van der Waals surface area contributed by atoms with Crippen molar-refractivity contribution in [3.8, 4) is 0 Å². The Balaban J connectivity index is 1.70. The monoisotopic (exact) mass is 411 g/mol. The summed E-state index contributed by atoms with van der Waals surface area (Å²) in [6, 6.07) is 10.1. The molecule has 1 aliphatic carbocycles. The highest BCUT2D eigenvalue weighted by Crippen LogP contribution is 2.42. The third kappa shape index (κ3) is 4.42. The molecule has 1 amide bonds. The molecule has 0 N–H and O–H groups in total. The number of carbonyl (C=O) groups is 1. The largest absolute Gasteiger partial charge is 0.339 e. The molecule has 2 fully saturated rings. The molecule has 2 aliphatic rings. The van der Waals surface area contributed by atoms with Crippen molar-refractivity contribution in [1.82, 2.24) is 9.88 Å². The van der Waals surface area contributed by atoms with Crippen LogP contribution in [0.1, 0.15) is 73.7 Å². The summed E-state index contributed by atoms with van der Waals surface area (Å²) in [5.74, 6) is 1.60. The SMILES string of the molecule is CCCN(c1cccc(Cl)c1)c1ncc(C(=O)N2CCCCC2)cc1C1CCC1. The first-order valence-corrected chi connectivity index (χ1v) is 11.4. The number of pyridine rings is 1. The van der Waals surface area contributed by atoms with E-state index in [-0.39, 0.29) is 5.91 Å². The molecule has 5 heteroatoms. The summed E-state index contributed by atoms with van der Waals surface area (Å²) in [6.07, 6.45) is 9.81. The number of rotatable bonds is 6. The van der Waals surface area contributed by atoms with Gasteiger partial charge in [0.2, 0.25) is 0 Å². The minimum Gasteiger partial charge on any atom is -0.339 e. The van der Waals surface area contributed by atoms with Gasteiger partial charge in [-0.2, -0.15) is 0 Å². The van der Waals surface area contributed by atoms with Gasteiger partial charge in [0.05, 0.1) is 5.56 Å². The van der Waals surface area contributed by atoms with Crippen molar-refractivity contribution in [2.24, 2.45) is 0 Å². The average molecular weight is 412 g/mol. The Morgan fingerprint density at radius 3 is 2.62 bits per heavy atom. The number of benzene rings is 1. The Hall–Kier alpha value is -2.07. The second-order valence-corrected chi connectivity index (χ2v) is 8.69. The first-order chi connectivity index (χ1) is 14.2. The molecule has 0 spiro atoms. The Bertz CT molecular complexity index is 859. The van der Waals surface area contributed by atoms with E-state index in [4.69, 9.17) is 16.6 Å². The van der Waals surface area contributed by atoms with E-state index in [2.05, 4.69) is 24.0 Å². The van der Waals surface area contributed by atoms with Gasteiger partial charge in [0.25, 0.3) is 5.91 Å². The Kier molecular flexibility index (Phi) is 6.39. The van der Waals surface area contributed by atoms with Gasteiger partial charge in [-0.15, -0.1) is 0 Å². The van der Waals surface area contributed by atoms with Crippen molar-refractivity contribution in [1.29, 1.82) is 0 Å². The number of halogens is 1. The number of hydrogen-bond acceptors (Lipinski definition) is 3. The highest BCUT2D eigenvalue weighted by atomic mass is 35.5. The van der Waals surface area contributed by atoms with Crippen molar-refractivity contribution in [2.75, 3.05) is 24.5 Å². The molecule has 1 saturated carbocycles. The molecule has 1 saturated heterocycles. The van der Waals surface area contributed by atoms with Crippen LogP contribution in [0.5, 0.6) is 0 Å². The summed E-state index contributed by atoms with van der Waals surface area (Å²) in [4.78, 5) is 22.2. The number of likely N-dealkylation sites (tertiary alicyclic amines) is 1. The van der Waals surface area contributed by atoms with E-state index < -0.39 is 0 Å². The lowest BCUT2D eigenvalue weighted by molar-refractivity contribution is 0.0723. The van der Waals surface area contributed by atoms with Crippen LogP contribution in [-0.2, 0) is 0 Å². The molecule has 0 unspecified atom stereocenters. The topological polar surface area (TPSA) is 36.4 Å². The van der Waals surface area contributed by atoms with Crippen molar-refractivity contribution >= 4 is 29.0 Å². The molecule has 4 nitrogen and oxygen atoms in total. The highest BCUT2D eigenvalue weighted by Gasteiger charge is 2.28. The van der Waals surface area contributed by atoms with Gasteiger partial charge in [-0.3, -0.25) is 4.79 Å². The third-order valence-electron chi connectivity index (χ3n) is 6.15. The summed E-state index contributed by atoms with van der Waals surface area (Å²) in [7, 11) is 0. The molecule has 1 aromatic carbocycles. The Labute approximate surface area is 178 Å². The zero-order valence-corrected chi connectivity index (χ0v) is 18.0. The van der Waals surface area contributed by atoms with Crippen LogP contribution in [0.3, 0.4) is 0 Å². The molecule has 1 aliphatic heterocycles. The van der Waals surface area contributed by atoms with Crippen molar-refractivity contribution in [3.63, 3.8) is 0 Å². The number of amides is 1. The normalized spacial score (nSPS) is 17.1. The smallest absolute Gasteiger partial charge is 0.255 e. The van der Waals surface area contributed by atoms with E-state index >= 15 is 0 Å². The van der Waals surface area contributed by atoms with Crippen LogP contribution in [0.25, 0.3) is 0 Å². The number of anilines is 2. The summed E-state index contributed by atoms with van der Waals surface area (Å²) in [5.41, 5.74) is 3.01. The molecular formula is C24H30ClN3O. The number of nitrogens with zero attached hydrogens (tertiary/aromatic N) is 3. The maximum Gasteiger partial charge on any atom is 0.255 e. The first-order valence-electron chi connectivity index (χ1n) is 11.0. The van der Waals surface area contributed by atoms with E-state index in [0.29, 0.717) is 5.92 Å². The lowest BCUT2D eigenvalue weighted by Gasteiger charge is -2.33. The molecule has 4 rings (SSSR count). The van der Waals surface area contributed by atoms with E-state index in [1.165, 1.54) is 31.2 Å². The van der Waals surface area contributed by atoms with Crippen LogP contribution in [0.4, 0.5) is 11.5 Å². The summed E-state index contributed by atoms with van der Waals surface area (Å²) in [6.45, 7) is 4.77. The fourth-order valence-electron chi connectivity index (χ4n) is 4.34. The van der Waals surface area contributed by atoms with Crippen LogP contribution in [0.15, 0.2) is 36.5 Å². The second-order valence-electron chi connectivity index (χ2n) is 8.25. The molecular weight excluding hydrogens is 382 g/mol. The van der Waals surface area contributed by atoms with Crippen molar-refractivity contribution in [3.05, 3.63) is 52.7 Å². The van der Waals surface area contributed by atoms with Crippen LogP contribution in [0.2, 0.25) is 5.02 Å². The van der Waals surface area contributed by atoms with E-state index in [1.807, 2.05) is 23.1 Å². The standard InChI is InChI=1S/C24H30ClN3O/c1-2-12-28(21-11-7-10-20(25)16-21)23-22(18-8-6-9-18)15-19(17-26-23)24(29)27-13-4-3-5-14-27/h7,10-11,15-18H,2-6,8-9,12-14H2,1H3. The predicted molar refractivity (Wildman–Crippen MR) is 119 cm³/mol. The molecule has 0 atom stereocenters. The molecule has 1 aromatic heterocycles. The first kappa shape index (κ1) is 20.2. The molecule has 2 aromatic rings. The number of carbonyl (C=O) groups excluding carboxylic acids is 1. The average Bonchev–Trinajstić information content (AvgIpc) is 2.71. The summed E-state index contributed by atoms with van der Waals surface area (Å²) < 4.78 is 0. The minimum absolute atomic E-state index is 0.133. The van der Waals surface area contributed by atoms with Crippen molar-refractivity contribution in [2.45, 2.75) is 57.8 Å². The zero-order valence-electron chi connectivity index (χ0n) is 17.2. The summed E-state index contributed by atoms with van der Waals surface area (Å²) >= 11 is 6.27. The third-order valence-corrected chi connectivity index (χ3v) is 6.39. The van der Waals surface area contributed by atoms with Gasteiger partial charge >= 0.3 is 0 Å². The maximum atomic E-state index is 13.1. The van der Waals surface area contributed by atoms with Crippen molar-refractivity contribution < 1.29 is 4.79 Å². The summed E-state index contributed by atoms with van der Waals surface area (Å²) in [5, 5.41) is 0.727. The highest BCUT2D eigenvalue weighted by molar-refractivity contribution is 6.30. The zero-order chi connectivity index (χ0) is 20.2. The minimum atomic E-state index is 0.133. The van der Waals surface area contributed by atoms with E-state index in [1.54, 1.807) is 6.20 Å². The molecule has 0 radical (unpaired) electrons. The lowest BCUT2D eigenvalue weighted by atomic mass is 9.79.